The van der Waals surface area contributed by atoms with Crippen molar-refractivity contribution in [2.45, 2.75) is 19.0 Å². The fraction of sp³-hybridized carbons (Fsp3) is 0.250. The highest BCUT2D eigenvalue weighted by Gasteiger charge is 2.20. The zero-order valence-electron chi connectivity index (χ0n) is 14.8. The van der Waals surface area contributed by atoms with Crippen molar-refractivity contribution in [3.63, 3.8) is 0 Å². The first-order chi connectivity index (χ1) is 12.6. The molecule has 2 aromatic carbocycles. The van der Waals surface area contributed by atoms with Gasteiger partial charge in [0.05, 0.1) is 20.8 Å². The van der Waals surface area contributed by atoms with Crippen molar-refractivity contribution in [1.29, 1.82) is 0 Å². The summed E-state index contributed by atoms with van der Waals surface area (Å²) in [5, 5.41) is 10.4. The molecule has 1 unspecified atom stereocenters. The number of benzene rings is 2. The molecule has 0 aliphatic carbocycles. The van der Waals surface area contributed by atoms with E-state index in [0.717, 1.165) is 27.8 Å². The Hall–Kier alpha value is -2.83. The van der Waals surface area contributed by atoms with Crippen molar-refractivity contribution in [2.75, 3.05) is 14.2 Å². The lowest BCUT2D eigenvalue weighted by Gasteiger charge is -2.11. The summed E-state index contributed by atoms with van der Waals surface area (Å²) in [6.07, 6.45) is 2.33. The Morgan fingerprint density at radius 1 is 1.12 bits per heavy atom. The third-order valence-corrected chi connectivity index (χ3v) is 4.39. The lowest BCUT2D eigenvalue weighted by atomic mass is 10.1. The highest BCUT2D eigenvalue weighted by atomic mass is 16.6. The summed E-state index contributed by atoms with van der Waals surface area (Å²) in [5.74, 6) is -0.121. The predicted octanol–water partition coefficient (Wildman–Crippen LogP) is 2.84. The largest absolute Gasteiger partial charge is 0.496 e. The molecule has 0 saturated carbocycles. The molecule has 3 rings (SSSR count). The number of carbonyl (C=O) groups is 1. The number of hydrogen-bond donors (Lipinski definition) is 2. The van der Waals surface area contributed by atoms with Crippen molar-refractivity contribution in [1.82, 2.24) is 10.0 Å². The molecule has 0 aliphatic heterocycles. The molecule has 0 amide bonds. The minimum atomic E-state index is -0.951. The highest BCUT2D eigenvalue weighted by Crippen LogP contribution is 2.26. The summed E-state index contributed by atoms with van der Waals surface area (Å²) in [4.78, 5) is 16.3. The average molecular weight is 354 g/mol. The number of carboxylic acid groups (broad SMARTS) is 1. The van der Waals surface area contributed by atoms with Crippen LogP contribution in [0.25, 0.3) is 10.9 Å². The standard InChI is InChI=1S/C20H22N2O4/c1-25-19-10-6-3-7-14(19)12-22-13-15(11-17(20(23)24)21-26-2)16-8-4-5-9-18(16)22/h3-10,13,17,21H,11-12H2,1-2H3,(H,23,24). The van der Waals surface area contributed by atoms with E-state index in [1.165, 1.54) is 7.11 Å². The van der Waals surface area contributed by atoms with Gasteiger partial charge in [-0.15, -0.1) is 0 Å². The predicted molar refractivity (Wildman–Crippen MR) is 99.3 cm³/mol. The second-order valence-corrected chi connectivity index (χ2v) is 6.03. The van der Waals surface area contributed by atoms with E-state index in [9.17, 15) is 9.90 Å². The second kappa shape index (κ2) is 8.03. The quantitative estimate of drug-likeness (QED) is 0.609. The van der Waals surface area contributed by atoms with E-state index in [1.54, 1.807) is 7.11 Å². The highest BCUT2D eigenvalue weighted by molar-refractivity contribution is 5.85. The molecule has 0 aliphatic rings. The van der Waals surface area contributed by atoms with Gasteiger partial charge in [-0.05, 0) is 17.7 Å². The Morgan fingerprint density at radius 2 is 1.85 bits per heavy atom. The summed E-state index contributed by atoms with van der Waals surface area (Å²) in [7, 11) is 3.08. The molecule has 0 spiro atoms. The monoisotopic (exact) mass is 354 g/mol. The Labute approximate surface area is 151 Å². The maximum Gasteiger partial charge on any atom is 0.323 e. The number of nitrogens with one attached hydrogen (secondary N) is 1. The SMILES string of the molecule is CONC(Cc1cn(Cc2ccccc2OC)c2ccccc12)C(=O)O. The molecule has 2 N–H and O–H groups in total. The first-order valence-corrected chi connectivity index (χ1v) is 8.34. The maximum absolute atomic E-state index is 11.4. The lowest BCUT2D eigenvalue weighted by molar-refractivity contribution is -0.143. The lowest BCUT2D eigenvalue weighted by Crippen LogP contribution is -2.37. The van der Waals surface area contributed by atoms with Crippen LogP contribution < -0.4 is 10.2 Å². The van der Waals surface area contributed by atoms with Gasteiger partial charge in [0.2, 0.25) is 0 Å². The van der Waals surface area contributed by atoms with Gasteiger partial charge in [0.15, 0.2) is 0 Å². The summed E-state index contributed by atoms with van der Waals surface area (Å²) in [6, 6.07) is 15.0. The molecule has 0 radical (unpaired) electrons. The number of fused-ring (bicyclic) bond motifs is 1. The number of aliphatic carboxylic acids is 1. The number of hydrogen-bond acceptors (Lipinski definition) is 4. The normalized spacial score (nSPS) is 12.2. The zero-order chi connectivity index (χ0) is 18.5. The first-order valence-electron chi connectivity index (χ1n) is 8.34. The van der Waals surface area contributed by atoms with Crippen LogP contribution in [-0.4, -0.2) is 35.9 Å². The van der Waals surface area contributed by atoms with Crippen molar-refractivity contribution in [2.24, 2.45) is 0 Å². The molecule has 26 heavy (non-hydrogen) atoms. The molecule has 6 nitrogen and oxygen atoms in total. The summed E-state index contributed by atoms with van der Waals surface area (Å²) in [6.45, 7) is 0.639. The Balaban J connectivity index is 1.98. The minimum Gasteiger partial charge on any atom is -0.496 e. The number of rotatable bonds is 8. The first kappa shape index (κ1) is 18.0. The fourth-order valence-electron chi connectivity index (χ4n) is 3.17. The number of methoxy groups -OCH3 is 1. The molecule has 136 valence electrons. The third kappa shape index (κ3) is 3.71. The molecule has 0 bridgehead atoms. The van der Waals surface area contributed by atoms with Crippen LogP contribution in [0.3, 0.4) is 0 Å². The van der Waals surface area contributed by atoms with Gasteiger partial charge < -0.3 is 19.2 Å². The average Bonchev–Trinajstić information content (AvgIpc) is 2.99. The summed E-state index contributed by atoms with van der Waals surface area (Å²) in [5.41, 5.74) is 5.61. The van der Waals surface area contributed by atoms with Crippen LogP contribution >= 0.6 is 0 Å². The van der Waals surface area contributed by atoms with Crippen LogP contribution in [0, 0.1) is 0 Å². The van der Waals surface area contributed by atoms with Crippen molar-refractivity contribution >= 4 is 16.9 Å². The number of para-hydroxylation sites is 2. The van der Waals surface area contributed by atoms with Gasteiger partial charge in [-0.1, -0.05) is 36.4 Å². The van der Waals surface area contributed by atoms with Crippen LogP contribution in [0.5, 0.6) is 5.75 Å². The third-order valence-electron chi connectivity index (χ3n) is 4.39. The molecular weight excluding hydrogens is 332 g/mol. The van der Waals surface area contributed by atoms with Crippen LogP contribution in [0.2, 0.25) is 0 Å². The van der Waals surface area contributed by atoms with E-state index < -0.39 is 12.0 Å². The number of aromatic nitrogens is 1. The summed E-state index contributed by atoms with van der Waals surface area (Å²) >= 11 is 0. The topological polar surface area (TPSA) is 72.7 Å². The zero-order valence-corrected chi connectivity index (χ0v) is 14.8. The molecule has 3 aromatic rings. The van der Waals surface area contributed by atoms with Crippen molar-refractivity contribution < 1.29 is 19.5 Å². The molecule has 0 saturated heterocycles. The van der Waals surface area contributed by atoms with E-state index >= 15 is 0 Å². The molecule has 6 heteroatoms. The number of nitrogens with zero attached hydrogens (tertiary/aromatic N) is 1. The van der Waals surface area contributed by atoms with Gasteiger partial charge in [0, 0.05) is 29.1 Å². The minimum absolute atomic E-state index is 0.322. The Kier molecular flexibility index (Phi) is 5.55. The van der Waals surface area contributed by atoms with Crippen LogP contribution in [0.4, 0.5) is 0 Å². The van der Waals surface area contributed by atoms with Crippen molar-refractivity contribution in [3.8, 4) is 5.75 Å². The Bertz CT molecular complexity index is 904. The molecule has 1 heterocycles. The van der Waals surface area contributed by atoms with E-state index in [4.69, 9.17) is 9.57 Å². The maximum atomic E-state index is 11.4. The molecule has 1 atom stereocenters. The number of carboxylic acids is 1. The van der Waals surface area contributed by atoms with Gasteiger partial charge in [-0.25, -0.2) is 0 Å². The fourth-order valence-corrected chi connectivity index (χ4v) is 3.17. The van der Waals surface area contributed by atoms with E-state index in [2.05, 4.69) is 10.0 Å². The number of hydroxylamine groups is 1. The van der Waals surface area contributed by atoms with Gasteiger partial charge in [0.1, 0.15) is 11.8 Å². The van der Waals surface area contributed by atoms with Crippen LogP contribution in [0.15, 0.2) is 54.7 Å². The van der Waals surface area contributed by atoms with E-state index in [0.29, 0.717) is 13.0 Å². The van der Waals surface area contributed by atoms with E-state index in [-0.39, 0.29) is 0 Å². The van der Waals surface area contributed by atoms with E-state index in [1.807, 2.05) is 54.7 Å². The van der Waals surface area contributed by atoms with Gasteiger partial charge >= 0.3 is 5.97 Å². The molecule has 0 fully saturated rings. The van der Waals surface area contributed by atoms with Gasteiger partial charge in [0.25, 0.3) is 0 Å². The molecule has 1 aromatic heterocycles. The Morgan fingerprint density at radius 3 is 2.58 bits per heavy atom. The smallest absolute Gasteiger partial charge is 0.323 e. The number of ether oxygens (including phenoxy) is 1. The second-order valence-electron chi connectivity index (χ2n) is 6.03. The van der Waals surface area contributed by atoms with Gasteiger partial charge in [-0.3, -0.25) is 4.79 Å². The van der Waals surface area contributed by atoms with Gasteiger partial charge in [-0.2, -0.15) is 5.48 Å². The van der Waals surface area contributed by atoms with Crippen LogP contribution in [-0.2, 0) is 22.6 Å². The molecular formula is C20H22N2O4. The van der Waals surface area contributed by atoms with Crippen LogP contribution in [0.1, 0.15) is 11.1 Å². The van der Waals surface area contributed by atoms with Crippen molar-refractivity contribution in [3.05, 3.63) is 65.9 Å². The summed E-state index contributed by atoms with van der Waals surface area (Å²) < 4.78 is 7.57.